The molecule has 1 aromatic carbocycles. The Bertz CT molecular complexity index is 426. The molecule has 0 saturated carbocycles. The summed E-state index contributed by atoms with van der Waals surface area (Å²) in [6, 6.07) is 4.88. The Kier molecular flexibility index (Phi) is 5.42. The van der Waals surface area contributed by atoms with Crippen LogP contribution in [-0.2, 0) is 11.3 Å². The van der Waals surface area contributed by atoms with Gasteiger partial charge in [-0.15, -0.1) is 0 Å². The molecule has 1 aliphatic rings. The van der Waals surface area contributed by atoms with Crippen molar-refractivity contribution in [1.29, 1.82) is 0 Å². The molecule has 112 valence electrons. The van der Waals surface area contributed by atoms with E-state index in [0.717, 1.165) is 39.1 Å². The highest BCUT2D eigenvalue weighted by Gasteiger charge is 2.29. The lowest BCUT2D eigenvalue weighted by Crippen LogP contribution is -2.39. The average Bonchev–Trinajstić information content (AvgIpc) is 2.42. The second-order valence-electron chi connectivity index (χ2n) is 5.93. The van der Waals surface area contributed by atoms with Crippen LogP contribution in [0, 0.1) is 11.2 Å². The van der Waals surface area contributed by atoms with Gasteiger partial charge in [-0.25, -0.2) is 4.39 Å². The number of nitrogens with zero attached hydrogens (tertiary/aromatic N) is 1. The normalized spacial score (nSPS) is 18.4. The minimum Gasteiger partial charge on any atom is -0.381 e. The largest absolute Gasteiger partial charge is 0.381 e. The van der Waals surface area contributed by atoms with Crippen molar-refractivity contribution in [2.75, 3.05) is 26.3 Å². The van der Waals surface area contributed by atoms with E-state index in [4.69, 9.17) is 16.3 Å². The van der Waals surface area contributed by atoms with Crippen molar-refractivity contribution < 1.29 is 9.13 Å². The number of hydrogen-bond acceptors (Lipinski definition) is 2. The average molecular weight is 300 g/mol. The third kappa shape index (κ3) is 3.94. The monoisotopic (exact) mass is 299 g/mol. The zero-order chi connectivity index (χ0) is 14.6. The summed E-state index contributed by atoms with van der Waals surface area (Å²) in [5, 5.41) is 0.514. The van der Waals surface area contributed by atoms with E-state index in [9.17, 15) is 4.39 Å². The second-order valence-corrected chi connectivity index (χ2v) is 6.33. The number of hydrogen-bond donors (Lipinski definition) is 0. The van der Waals surface area contributed by atoms with Gasteiger partial charge < -0.3 is 4.74 Å². The van der Waals surface area contributed by atoms with Crippen LogP contribution in [0.15, 0.2) is 18.2 Å². The maximum absolute atomic E-state index is 13.9. The quantitative estimate of drug-likeness (QED) is 0.811. The fraction of sp³-hybridized carbons (Fsp3) is 0.625. The second kappa shape index (κ2) is 6.88. The van der Waals surface area contributed by atoms with Gasteiger partial charge in [0.25, 0.3) is 0 Å². The Morgan fingerprint density at radius 3 is 2.65 bits per heavy atom. The molecule has 0 radical (unpaired) electrons. The van der Waals surface area contributed by atoms with E-state index < -0.39 is 0 Å². The van der Waals surface area contributed by atoms with Crippen LogP contribution in [0.1, 0.15) is 32.3 Å². The maximum Gasteiger partial charge on any atom is 0.129 e. The Labute approximate surface area is 125 Å². The number of halogens is 2. The standard InChI is InChI=1S/C16H23ClFNO/c1-3-19(12-16(2)7-9-20-10-8-16)11-13-14(17)5-4-6-15(13)18/h4-6H,3,7-12H2,1-2H3. The van der Waals surface area contributed by atoms with E-state index in [1.54, 1.807) is 12.1 Å². The first-order valence-corrected chi connectivity index (χ1v) is 7.65. The number of rotatable bonds is 5. The van der Waals surface area contributed by atoms with Gasteiger partial charge in [-0.2, -0.15) is 0 Å². The van der Waals surface area contributed by atoms with Gasteiger partial charge >= 0.3 is 0 Å². The number of benzene rings is 1. The molecule has 2 nitrogen and oxygen atoms in total. The third-order valence-electron chi connectivity index (χ3n) is 4.20. The Morgan fingerprint density at radius 2 is 2.05 bits per heavy atom. The van der Waals surface area contributed by atoms with Crippen LogP contribution in [0.25, 0.3) is 0 Å². The van der Waals surface area contributed by atoms with Crippen LogP contribution in [0.5, 0.6) is 0 Å². The Hall–Kier alpha value is -0.640. The van der Waals surface area contributed by atoms with E-state index in [0.29, 0.717) is 17.1 Å². The summed E-state index contributed by atoms with van der Waals surface area (Å²) in [6.07, 6.45) is 2.13. The van der Waals surface area contributed by atoms with Gasteiger partial charge in [0.15, 0.2) is 0 Å². The SMILES string of the molecule is CCN(Cc1c(F)cccc1Cl)CC1(C)CCOCC1. The summed E-state index contributed by atoms with van der Waals surface area (Å²) in [5.74, 6) is -0.215. The van der Waals surface area contributed by atoms with Crippen LogP contribution in [0.3, 0.4) is 0 Å². The predicted molar refractivity (Wildman–Crippen MR) is 80.5 cm³/mol. The maximum atomic E-state index is 13.9. The Morgan fingerprint density at radius 1 is 1.35 bits per heavy atom. The van der Waals surface area contributed by atoms with Gasteiger partial charge in [-0.05, 0) is 36.9 Å². The molecule has 1 saturated heterocycles. The highest BCUT2D eigenvalue weighted by molar-refractivity contribution is 6.31. The van der Waals surface area contributed by atoms with E-state index >= 15 is 0 Å². The van der Waals surface area contributed by atoms with Crippen molar-refractivity contribution in [3.05, 3.63) is 34.6 Å². The summed E-state index contributed by atoms with van der Waals surface area (Å²) in [4.78, 5) is 2.27. The van der Waals surface area contributed by atoms with Crippen LogP contribution in [-0.4, -0.2) is 31.2 Å². The topological polar surface area (TPSA) is 12.5 Å². The molecular formula is C16H23ClFNO. The molecule has 0 spiro atoms. The molecule has 1 heterocycles. The fourth-order valence-electron chi connectivity index (χ4n) is 2.75. The summed E-state index contributed by atoms with van der Waals surface area (Å²) in [5.41, 5.74) is 0.859. The van der Waals surface area contributed by atoms with Gasteiger partial charge in [-0.1, -0.05) is 31.5 Å². The van der Waals surface area contributed by atoms with Crippen molar-refractivity contribution >= 4 is 11.6 Å². The highest BCUT2D eigenvalue weighted by Crippen LogP contribution is 2.31. The summed E-state index contributed by atoms with van der Waals surface area (Å²) in [7, 11) is 0. The van der Waals surface area contributed by atoms with Crippen LogP contribution in [0.4, 0.5) is 4.39 Å². The van der Waals surface area contributed by atoms with Crippen molar-refractivity contribution in [3.63, 3.8) is 0 Å². The molecule has 0 aliphatic carbocycles. The van der Waals surface area contributed by atoms with E-state index in [2.05, 4.69) is 18.7 Å². The zero-order valence-corrected chi connectivity index (χ0v) is 13.0. The van der Waals surface area contributed by atoms with E-state index in [-0.39, 0.29) is 11.2 Å². The first kappa shape index (κ1) is 15.7. The fourth-order valence-corrected chi connectivity index (χ4v) is 2.97. The Balaban J connectivity index is 2.05. The molecule has 0 aromatic heterocycles. The summed E-state index contributed by atoms with van der Waals surface area (Å²) >= 11 is 6.12. The van der Waals surface area contributed by atoms with Crippen molar-refractivity contribution in [2.24, 2.45) is 5.41 Å². The molecule has 0 bridgehead atoms. The van der Waals surface area contributed by atoms with Gasteiger partial charge in [0, 0.05) is 36.9 Å². The minimum absolute atomic E-state index is 0.215. The molecule has 2 rings (SSSR count). The lowest BCUT2D eigenvalue weighted by molar-refractivity contribution is 0.00437. The molecule has 1 fully saturated rings. The van der Waals surface area contributed by atoms with Crippen molar-refractivity contribution in [1.82, 2.24) is 4.90 Å². The van der Waals surface area contributed by atoms with E-state index in [1.165, 1.54) is 6.07 Å². The highest BCUT2D eigenvalue weighted by atomic mass is 35.5. The molecule has 0 atom stereocenters. The van der Waals surface area contributed by atoms with Gasteiger partial charge in [-0.3, -0.25) is 4.90 Å². The number of ether oxygens (including phenoxy) is 1. The van der Waals surface area contributed by atoms with Crippen molar-refractivity contribution in [2.45, 2.75) is 33.2 Å². The lowest BCUT2D eigenvalue weighted by Gasteiger charge is -2.38. The molecule has 1 aromatic rings. The molecule has 4 heteroatoms. The smallest absolute Gasteiger partial charge is 0.129 e. The molecule has 0 amide bonds. The van der Waals surface area contributed by atoms with Crippen LogP contribution >= 0.6 is 11.6 Å². The molecule has 20 heavy (non-hydrogen) atoms. The first-order chi connectivity index (χ1) is 9.54. The lowest BCUT2D eigenvalue weighted by atomic mass is 9.82. The van der Waals surface area contributed by atoms with Crippen LogP contribution in [0.2, 0.25) is 5.02 Å². The van der Waals surface area contributed by atoms with E-state index in [1.807, 2.05) is 0 Å². The molecule has 0 N–H and O–H groups in total. The van der Waals surface area contributed by atoms with Gasteiger partial charge in [0.2, 0.25) is 0 Å². The van der Waals surface area contributed by atoms with Crippen LogP contribution < -0.4 is 0 Å². The molecule has 1 aliphatic heterocycles. The molecular weight excluding hydrogens is 277 g/mol. The first-order valence-electron chi connectivity index (χ1n) is 7.27. The predicted octanol–water partition coefficient (Wildman–Crippen LogP) is 4.12. The van der Waals surface area contributed by atoms with Gasteiger partial charge in [0.1, 0.15) is 5.82 Å². The third-order valence-corrected chi connectivity index (χ3v) is 4.55. The molecule has 0 unspecified atom stereocenters. The van der Waals surface area contributed by atoms with Gasteiger partial charge in [0.05, 0.1) is 0 Å². The summed E-state index contributed by atoms with van der Waals surface area (Å²) < 4.78 is 19.3. The van der Waals surface area contributed by atoms with Crippen molar-refractivity contribution in [3.8, 4) is 0 Å². The zero-order valence-electron chi connectivity index (χ0n) is 12.3. The minimum atomic E-state index is -0.215. The summed E-state index contributed by atoms with van der Waals surface area (Å²) in [6.45, 7) is 8.47.